The number of halogens is 1. The van der Waals surface area contributed by atoms with Crippen LogP contribution in [0.15, 0.2) is 18.2 Å². The van der Waals surface area contributed by atoms with Crippen LogP contribution < -0.4 is 5.73 Å². The number of rotatable bonds is 5. The minimum atomic E-state index is -0.424. The number of hydrogen-bond acceptors (Lipinski definition) is 4. The van der Waals surface area contributed by atoms with Crippen LogP contribution in [0, 0.1) is 0 Å². The fourth-order valence-electron chi connectivity index (χ4n) is 1.36. The first-order valence-corrected chi connectivity index (χ1v) is 5.75. The van der Waals surface area contributed by atoms with Gasteiger partial charge in [-0.3, -0.25) is 4.79 Å². The number of ketones is 1. The Hall–Kier alpha value is -1.55. The fraction of sp³-hybridized carbons (Fsp3) is 0.333. The maximum atomic E-state index is 11.5. The van der Waals surface area contributed by atoms with Crippen LogP contribution >= 0.6 is 11.6 Å². The average Bonchev–Trinajstić information content (AvgIpc) is 2.32. The number of alkyl halides is 1. The summed E-state index contributed by atoms with van der Waals surface area (Å²) in [6.07, 6.45) is 0.128. The number of hydrogen-bond donors (Lipinski definition) is 1. The van der Waals surface area contributed by atoms with E-state index in [0.29, 0.717) is 23.4 Å². The Bertz CT molecular complexity index is 432. The molecular weight excluding hydrogens is 242 g/mol. The van der Waals surface area contributed by atoms with E-state index in [-0.39, 0.29) is 18.1 Å². The van der Waals surface area contributed by atoms with E-state index in [2.05, 4.69) is 0 Å². The molecule has 2 N–H and O–H groups in total. The van der Waals surface area contributed by atoms with E-state index < -0.39 is 5.97 Å². The molecule has 1 aromatic rings. The molecule has 0 amide bonds. The molecule has 0 aliphatic rings. The van der Waals surface area contributed by atoms with Crippen LogP contribution in [0.1, 0.15) is 22.8 Å². The smallest absolute Gasteiger partial charge is 0.338 e. The minimum Gasteiger partial charge on any atom is -0.462 e. The first kappa shape index (κ1) is 13.5. The molecule has 0 aromatic heterocycles. The summed E-state index contributed by atoms with van der Waals surface area (Å²) in [5, 5.41) is 0. The maximum absolute atomic E-state index is 11.5. The van der Waals surface area contributed by atoms with Gasteiger partial charge in [0.25, 0.3) is 0 Å². The fourth-order valence-corrected chi connectivity index (χ4v) is 1.45. The summed E-state index contributed by atoms with van der Waals surface area (Å²) in [6.45, 7) is 2.03. The highest BCUT2D eigenvalue weighted by molar-refractivity contribution is 6.27. The van der Waals surface area contributed by atoms with Gasteiger partial charge < -0.3 is 10.5 Å². The van der Waals surface area contributed by atoms with E-state index in [9.17, 15) is 9.59 Å². The quantitative estimate of drug-likeness (QED) is 0.495. The van der Waals surface area contributed by atoms with Gasteiger partial charge in [-0.15, -0.1) is 11.6 Å². The van der Waals surface area contributed by atoms with E-state index in [4.69, 9.17) is 22.1 Å². The largest absolute Gasteiger partial charge is 0.462 e. The van der Waals surface area contributed by atoms with E-state index in [1.54, 1.807) is 25.1 Å². The lowest BCUT2D eigenvalue weighted by atomic mass is 10.0. The standard InChI is InChI=1S/C12H14ClNO3/c1-2-17-12(16)8-3-4-11(14)9(5-8)6-10(15)7-13/h3-5H,2,6-7,14H2,1H3. The second kappa shape index (κ2) is 6.25. The molecule has 0 atom stereocenters. The molecule has 4 nitrogen and oxygen atoms in total. The zero-order valence-electron chi connectivity index (χ0n) is 9.53. The summed E-state index contributed by atoms with van der Waals surface area (Å²) >= 11 is 5.42. The van der Waals surface area contributed by atoms with Crippen molar-refractivity contribution in [3.63, 3.8) is 0 Å². The molecule has 92 valence electrons. The first-order chi connectivity index (χ1) is 8.08. The summed E-state index contributed by atoms with van der Waals surface area (Å²) in [6, 6.07) is 4.73. The van der Waals surface area contributed by atoms with E-state index in [1.807, 2.05) is 0 Å². The van der Waals surface area contributed by atoms with Crippen LogP contribution in [0.5, 0.6) is 0 Å². The Kier molecular flexibility index (Phi) is 4.97. The van der Waals surface area contributed by atoms with Gasteiger partial charge in [0.05, 0.1) is 18.1 Å². The molecule has 0 heterocycles. The topological polar surface area (TPSA) is 69.4 Å². The lowest BCUT2D eigenvalue weighted by Gasteiger charge is -2.07. The van der Waals surface area contributed by atoms with Crippen molar-refractivity contribution < 1.29 is 14.3 Å². The van der Waals surface area contributed by atoms with E-state index in [0.717, 1.165) is 0 Å². The molecule has 0 aliphatic heterocycles. The third-order valence-electron chi connectivity index (χ3n) is 2.19. The van der Waals surface area contributed by atoms with Gasteiger partial charge in [0.2, 0.25) is 0 Å². The lowest BCUT2D eigenvalue weighted by molar-refractivity contribution is -0.116. The van der Waals surface area contributed by atoms with Gasteiger partial charge in [-0.25, -0.2) is 4.79 Å². The zero-order valence-corrected chi connectivity index (χ0v) is 10.3. The van der Waals surface area contributed by atoms with Crippen LogP contribution in [0.25, 0.3) is 0 Å². The SMILES string of the molecule is CCOC(=O)c1ccc(N)c(CC(=O)CCl)c1. The average molecular weight is 256 g/mol. The van der Waals surface area contributed by atoms with Gasteiger partial charge in [0.1, 0.15) is 0 Å². The third kappa shape index (κ3) is 3.75. The van der Waals surface area contributed by atoms with Crippen LogP contribution in [-0.4, -0.2) is 24.2 Å². The van der Waals surface area contributed by atoms with Gasteiger partial charge in [-0.2, -0.15) is 0 Å². The minimum absolute atomic E-state index is 0.0664. The zero-order chi connectivity index (χ0) is 12.8. The number of Topliss-reactive ketones (excluding diaryl/α,β-unsaturated/α-hetero) is 1. The molecule has 0 bridgehead atoms. The summed E-state index contributed by atoms with van der Waals surface area (Å²) < 4.78 is 4.86. The molecule has 0 radical (unpaired) electrons. The molecule has 17 heavy (non-hydrogen) atoms. The number of carbonyl (C=O) groups excluding carboxylic acids is 2. The van der Waals surface area contributed by atoms with Gasteiger partial charge >= 0.3 is 5.97 Å². The second-order valence-electron chi connectivity index (χ2n) is 3.48. The highest BCUT2D eigenvalue weighted by atomic mass is 35.5. The number of nitrogen functional groups attached to an aromatic ring is 1. The summed E-state index contributed by atoms with van der Waals surface area (Å²) in [7, 11) is 0. The van der Waals surface area contributed by atoms with E-state index in [1.165, 1.54) is 0 Å². The number of ether oxygens (including phenoxy) is 1. The molecule has 0 saturated heterocycles. The highest BCUT2D eigenvalue weighted by Gasteiger charge is 2.11. The Morgan fingerprint density at radius 1 is 1.41 bits per heavy atom. The highest BCUT2D eigenvalue weighted by Crippen LogP contribution is 2.16. The molecular formula is C12H14ClNO3. The maximum Gasteiger partial charge on any atom is 0.338 e. The number of carbonyl (C=O) groups is 2. The number of nitrogens with two attached hydrogens (primary N) is 1. The molecule has 0 saturated carbocycles. The number of anilines is 1. The summed E-state index contributed by atoms with van der Waals surface area (Å²) in [4.78, 5) is 22.7. The summed E-state index contributed by atoms with van der Waals surface area (Å²) in [5.74, 6) is -0.630. The number of esters is 1. The van der Waals surface area contributed by atoms with Crippen molar-refractivity contribution >= 4 is 29.0 Å². The third-order valence-corrected chi connectivity index (χ3v) is 2.49. The van der Waals surface area contributed by atoms with Crippen molar-refractivity contribution in [3.05, 3.63) is 29.3 Å². The monoisotopic (exact) mass is 255 g/mol. The first-order valence-electron chi connectivity index (χ1n) is 5.21. The van der Waals surface area contributed by atoms with Gasteiger partial charge in [0, 0.05) is 12.1 Å². The lowest BCUT2D eigenvalue weighted by Crippen LogP contribution is -2.09. The Labute approximate surface area is 105 Å². The normalized spacial score (nSPS) is 10.0. The van der Waals surface area contributed by atoms with E-state index >= 15 is 0 Å². The summed E-state index contributed by atoms with van der Waals surface area (Å²) in [5.41, 5.74) is 7.17. The van der Waals surface area contributed by atoms with Crippen molar-refractivity contribution in [1.82, 2.24) is 0 Å². The Morgan fingerprint density at radius 2 is 2.12 bits per heavy atom. The van der Waals surface area contributed by atoms with Crippen LogP contribution in [0.3, 0.4) is 0 Å². The molecule has 1 aromatic carbocycles. The van der Waals surface area contributed by atoms with Crippen molar-refractivity contribution in [2.24, 2.45) is 0 Å². The van der Waals surface area contributed by atoms with Crippen molar-refractivity contribution in [3.8, 4) is 0 Å². The second-order valence-corrected chi connectivity index (χ2v) is 3.75. The van der Waals surface area contributed by atoms with Crippen molar-refractivity contribution in [2.45, 2.75) is 13.3 Å². The van der Waals surface area contributed by atoms with Crippen molar-refractivity contribution in [1.29, 1.82) is 0 Å². The van der Waals surface area contributed by atoms with Gasteiger partial charge in [0.15, 0.2) is 5.78 Å². The number of benzene rings is 1. The van der Waals surface area contributed by atoms with Crippen LogP contribution in [-0.2, 0) is 16.0 Å². The van der Waals surface area contributed by atoms with Gasteiger partial charge in [-0.1, -0.05) is 0 Å². The predicted molar refractivity (Wildman–Crippen MR) is 66.2 cm³/mol. The van der Waals surface area contributed by atoms with Crippen molar-refractivity contribution in [2.75, 3.05) is 18.2 Å². The Balaban J connectivity index is 2.93. The molecule has 0 fully saturated rings. The molecule has 5 heteroatoms. The molecule has 0 spiro atoms. The molecule has 0 aliphatic carbocycles. The Morgan fingerprint density at radius 3 is 2.71 bits per heavy atom. The molecule has 0 unspecified atom stereocenters. The van der Waals surface area contributed by atoms with Crippen LogP contribution in [0.2, 0.25) is 0 Å². The van der Waals surface area contributed by atoms with Crippen LogP contribution in [0.4, 0.5) is 5.69 Å². The predicted octanol–water partition coefficient (Wildman–Crippen LogP) is 1.80. The van der Waals surface area contributed by atoms with Gasteiger partial charge in [-0.05, 0) is 30.7 Å². The molecule has 1 rings (SSSR count).